The first kappa shape index (κ1) is 15.2. The van der Waals surface area contributed by atoms with Crippen molar-refractivity contribution in [2.24, 2.45) is 11.7 Å². The summed E-state index contributed by atoms with van der Waals surface area (Å²) < 4.78 is 0. The van der Waals surface area contributed by atoms with Gasteiger partial charge in [-0.25, -0.2) is 0 Å². The molecule has 0 unspecified atom stereocenters. The molecule has 1 heterocycles. The van der Waals surface area contributed by atoms with E-state index in [1.807, 2.05) is 6.07 Å². The van der Waals surface area contributed by atoms with E-state index in [4.69, 9.17) is 5.73 Å². The molecule has 1 rings (SSSR count). The van der Waals surface area contributed by atoms with Gasteiger partial charge in [0.05, 0.1) is 6.04 Å². The lowest BCUT2D eigenvalue weighted by Gasteiger charge is -2.25. The zero-order valence-corrected chi connectivity index (χ0v) is 12.5. The third kappa shape index (κ3) is 4.42. The zero-order chi connectivity index (χ0) is 13.8. The van der Waals surface area contributed by atoms with Gasteiger partial charge in [0.1, 0.15) is 0 Å². The maximum absolute atomic E-state index is 11.9. The van der Waals surface area contributed by atoms with E-state index in [1.165, 1.54) is 4.88 Å². The van der Waals surface area contributed by atoms with Crippen LogP contribution >= 0.6 is 11.3 Å². The Balaban J connectivity index is 2.47. The van der Waals surface area contributed by atoms with E-state index in [0.717, 1.165) is 6.42 Å². The molecule has 0 spiro atoms. The van der Waals surface area contributed by atoms with Gasteiger partial charge < -0.3 is 11.1 Å². The normalized spacial score (nSPS) is 13.7. The fraction of sp³-hybridized carbons (Fsp3) is 0.643. The molecule has 0 saturated carbocycles. The van der Waals surface area contributed by atoms with Crippen LogP contribution in [0.1, 0.15) is 39.0 Å². The summed E-state index contributed by atoms with van der Waals surface area (Å²) in [5, 5.41) is 5.02. The van der Waals surface area contributed by atoms with Gasteiger partial charge in [-0.05, 0) is 23.8 Å². The Morgan fingerprint density at radius 2 is 2.17 bits per heavy atom. The van der Waals surface area contributed by atoms with Gasteiger partial charge in [0, 0.05) is 16.8 Å². The van der Waals surface area contributed by atoms with Crippen LogP contribution in [0.5, 0.6) is 0 Å². The van der Waals surface area contributed by atoms with Crippen molar-refractivity contribution in [2.75, 3.05) is 6.54 Å². The molecular formula is C14H24N2OS. The Bertz CT molecular complexity index is 371. The molecule has 102 valence electrons. The highest BCUT2D eigenvalue weighted by molar-refractivity contribution is 7.10. The highest BCUT2D eigenvalue weighted by atomic mass is 32.1. The van der Waals surface area contributed by atoms with Crippen molar-refractivity contribution in [3.05, 3.63) is 22.4 Å². The molecule has 1 aromatic rings. The molecule has 0 aliphatic carbocycles. The smallest absolute Gasteiger partial charge is 0.236 e. The second-order valence-corrected chi connectivity index (χ2v) is 6.76. The summed E-state index contributed by atoms with van der Waals surface area (Å²) in [7, 11) is 0. The predicted octanol–water partition coefficient (Wildman–Crippen LogP) is 2.52. The average molecular weight is 268 g/mol. The minimum atomic E-state index is -0.399. The van der Waals surface area contributed by atoms with E-state index in [1.54, 1.807) is 11.3 Å². The van der Waals surface area contributed by atoms with E-state index >= 15 is 0 Å². The van der Waals surface area contributed by atoms with Gasteiger partial charge in [0.25, 0.3) is 0 Å². The number of nitrogens with one attached hydrogen (secondary N) is 1. The molecule has 3 nitrogen and oxygen atoms in total. The van der Waals surface area contributed by atoms with Crippen LogP contribution < -0.4 is 11.1 Å². The number of hydrogen-bond donors (Lipinski definition) is 2. The van der Waals surface area contributed by atoms with E-state index in [-0.39, 0.29) is 11.3 Å². The number of nitrogens with two attached hydrogens (primary N) is 1. The number of carbonyl (C=O) groups is 1. The SMILES string of the molecule is CC(C)C[C@H](N)C(=O)NCC(C)(C)c1cccs1. The number of hydrogen-bond acceptors (Lipinski definition) is 3. The molecule has 1 atom stereocenters. The third-order valence-electron chi connectivity index (χ3n) is 2.95. The molecular weight excluding hydrogens is 244 g/mol. The Labute approximate surface area is 114 Å². The molecule has 0 aliphatic rings. The van der Waals surface area contributed by atoms with Crippen molar-refractivity contribution in [1.29, 1.82) is 0 Å². The Morgan fingerprint density at radius 1 is 1.50 bits per heavy atom. The molecule has 4 heteroatoms. The lowest BCUT2D eigenvalue weighted by Crippen LogP contribution is -2.45. The second kappa shape index (κ2) is 6.34. The van der Waals surface area contributed by atoms with Crippen molar-refractivity contribution in [1.82, 2.24) is 5.32 Å². The van der Waals surface area contributed by atoms with Gasteiger partial charge >= 0.3 is 0 Å². The highest BCUT2D eigenvalue weighted by Gasteiger charge is 2.24. The largest absolute Gasteiger partial charge is 0.354 e. The summed E-state index contributed by atoms with van der Waals surface area (Å²) in [6, 6.07) is 3.74. The van der Waals surface area contributed by atoms with Crippen molar-refractivity contribution in [2.45, 2.75) is 45.6 Å². The van der Waals surface area contributed by atoms with Gasteiger partial charge in [-0.2, -0.15) is 0 Å². The van der Waals surface area contributed by atoms with Gasteiger partial charge in [-0.15, -0.1) is 11.3 Å². The van der Waals surface area contributed by atoms with Crippen molar-refractivity contribution >= 4 is 17.2 Å². The molecule has 0 aromatic carbocycles. The average Bonchev–Trinajstić information content (AvgIpc) is 2.78. The van der Waals surface area contributed by atoms with Crippen LogP contribution in [0.4, 0.5) is 0 Å². The van der Waals surface area contributed by atoms with Crippen molar-refractivity contribution in [3.8, 4) is 0 Å². The molecule has 0 bridgehead atoms. The third-order valence-corrected chi connectivity index (χ3v) is 4.19. The highest BCUT2D eigenvalue weighted by Crippen LogP contribution is 2.26. The van der Waals surface area contributed by atoms with E-state index in [0.29, 0.717) is 12.5 Å². The molecule has 0 saturated heterocycles. The van der Waals surface area contributed by atoms with Crippen LogP contribution in [0.3, 0.4) is 0 Å². The molecule has 1 aromatic heterocycles. The minimum absolute atomic E-state index is 0.0403. The predicted molar refractivity (Wildman–Crippen MR) is 77.8 cm³/mol. The molecule has 0 radical (unpaired) electrons. The summed E-state index contributed by atoms with van der Waals surface area (Å²) in [6.07, 6.45) is 0.727. The summed E-state index contributed by atoms with van der Waals surface area (Å²) in [5.74, 6) is 0.393. The number of thiophene rings is 1. The van der Waals surface area contributed by atoms with Crippen LogP contribution in [0, 0.1) is 5.92 Å². The summed E-state index contributed by atoms with van der Waals surface area (Å²) in [4.78, 5) is 13.1. The lowest BCUT2D eigenvalue weighted by atomic mass is 9.91. The topological polar surface area (TPSA) is 55.1 Å². The number of carbonyl (C=O) groups excluding carboxylic acids is 1. The van der Waals surface area contributed by atoms with E-state index in [9.17, 15) is 4.79 Å². The van der Waals surface area contributed by atoms with Crippen molar-refractivity contribution in [3.63, 3.8) is 0 Å². The summed E-state index contributed by atoms with van der Waals surface area (Å²) in [5.41, 5.74) is 5.82. The Morgan fingerprint density at radius 3 is 2.67 bits per heavy atom. The standard InChI is InChI=1S/C14H24N2OS/c1-10(2)8-11(15)13(17)16-9-14(3,4)12-6-5-7-18-12/h5-7,10-11H,8-9,15H2,1-4H3,(H,16,17)/t11-/m0/s1. The lowest BCUT2D eigenvalue weighted by molar-refractivity contribution is -0.122. The number of rotatable bonds is 6. The first-order valence-electron chi connectivity index (χ1n) is 6.40. The first-order valence-corrected chi connectivity index (χ1v) is 7.28. The first-order chi connectivity index (χ1) is 8.33. The zero-order valence-electron chi connectivity index (χ0n) is 11.7. The van der Waals surface area contributed by atoms with Crippen LogP contribution in [0.2, 0.25) is 0 Å². The maximum atomic E-state index is 11.9. The number of amides is 1. The van der Waals surface area contributed by atoms with Gasteiger partial charge in [0.15, 0.2) is 0 Å². The fourth-order valence-corrected chi connectivity index (χ4v) is 2.66. The van der Waals surface area contributed by atoms with Crippen LogP contribution in [0.25, 0.3) is 0 Å². The van der Waals surface area contributed by atoms with Crippen LogP contribution in [0.15, 0.2) is 17.5 Å². The molecule has 0 aliphatic heterocycles. The molecule has 1 amide bonds. The van der Waals surface area contributed by atoms with Gasteiger partial charge in [-0.3, -0.25) is 4.79 Å². The van der Waals surface area contributed by atoms with Crippen LogP contribution in [-0.2, 0) is 10.2 Å². The molecule has 3 N–H and O–H groups in total. The second-order valence-electron chi connectivity index (χ2n) is 5.82. The van der Waals surface area contributed by atoms with E-state index in [2.05, 4.69) is 44.5 Å². The van der Waals surface area contributed by atoms with Gasteiger partial charge in [0.2, 0.25) is 5.91 Å². The fourth-order valence-electron chi connectivity index (χ4n) is 1.80. The summed E-state index contributed by atoms with van der Waals surface area (Å²) in [6.45, 7) is 9.03. The molecule has 0 fully saturated rings. The molecule has 18 heavy (non-hydrogen) atoms. The Kier molecular flexibility index (Phi) is 5.35. The van der Waals surface area contributed by atoms with Crippen LogP contribution in [-0.4, -0.2) is 18.5 Å². The van der Waals surface area contributed by atoms with Gasteiger partial charge in [-0.1, -0.05) is 33.8 Å². The van der Waals surface area contributed by atoms with Crippen molar-refractivity contribution < 1.29 is 4.79 Å². The Hall–Kier alpha value is -0.870. The van der Waals surface area contributed by atoms with E-state index < -0.39 is 6.04 Å². The minimum Gasteiger partial charge on any atom is -0.354 e. The quantitative estimate of drug-likeness (QED) is 0.833. The summed E-state index contributed by atoms with van der Waals surface area (Å²) >= 11 is 1.72. The maximum Gasteiger partial charge on any atom is 0.236 e. The monoisotopic (exact) mass is 268 g/mol.